The highest BCUT2D eigenvalue weighted by atomic mass is 16.5. The van der Waals surface area contributed by atoms with Crippen molar-refractivity contribution in [3.63, 3.8) is 0 Å². The molecule has 23 heavy (non-hydrogen) atoms. The van der Waals surface area contributed by atoms with Crippen molar-refractivity contribution < 1.29 is 14.3 Å². The van der Waals surface area contributed by atoms with Crippen molar-refractivity contribution in [1.82, 2.24) is 4.90 Å². The second-order valence-electron chi connectivity index (χ2n) is 5.68. The number of rotatable bonds is 3. The van der Waals surface area contributed by atoms with Crippen LogP contribution in [0.4, 0.5) is 5.69 Å². The monoisotopic (exact) mass is 312 g/mol. The average Bonchev–Trinajstić information content (AvgIpc) is 2.57. The van der Waals surface area contributed by atoms with Gasteiger partial charge in [-0.15, -0.1) is 0 Å². The molecule has 0 spiro atoms. The van der Waals surface area contributed by atoms with Crippen LogP contribution in [0.25, 0.3) is 10.8 Å². The molecule has 1 aliphatic heterocycles. The molecule has 0 bridgehead atoms. The first-order valence-electron chi connectivity index (χ1n) is 7.71. The molecule has 0 aliphatic carbocycles. The van der Waals surface area contributed by atoms with Gasteiger partial charge in [0.1, 0.15) is 12.6 Å². The van der Waals surface area contributed by atoms with Crippen LogP contribution in [-0.4, -0.2) is 49.6 Å². The summed E-state index contributed by atoms with van der Waals surface area (Å²) < 4.78 is 4.89. The lowest BCUT2D eigenvalue weighted by Gasteiger charge is -2.39. The lowest BCUT2D eigenvalue weighted by atomic mass is 10.1. The Morgan fingerprint density at radius 2 is 1.91 bits per heavy atom. The normalized spacial score (nSPS) is 18.5. The van der Waals surface area contributed by atoms with Gasteiger partial charge >= 0.3 is 0 Å². The maximum absolute atomic E-state index is 12.8. The van der Waals surface area contributed by atoms with Gasteiger partial charge in [-0.2, -0.15) is 0 Å². The van der Waals surface area contributed by atoms with Crippen LogP contribution in [0.15, 0.2) is 42.5 Å². The van der Waals surface area contributed by atoms with E-state index < -0.39 is 6.04 Å². The van der Waals surface area contributed by atoms with Crippen LogP contribution in [0.2, 0.25) is 0 Å². The van der Waals surface area contributed by atoms with Gasteiger partial charge in [0.05, 0.1) is 5.69 Å². The van der Waals surface area contributed by atoms with E-state index in [1.807, 2.05) is 42.5 Å². The number of nitrogens with zero attached hydrogens (tertiary/aromatic N) is 2. The number of amides is 2. The molecule has 0 aromatic heterocycles. The van der Waals surface area contributed by atoms with E-state index in [1.54, 1.807) is 16.7 Å². The number of benzene rings is 2. The highest BCUT2D eigenvalue weighted by molar-refractivity contribution is 6.06. The van der Waals surface area contributed by atoms with E-state index in [1.165, 1.54) is 7.11 Å². The van der Waals surface area contributed by atoms with Crippen molar-refractivity contribution in [3.8, 4) is 0 Å². The maximum atomic E-state index is 12.8. The number of hydrogen-bond acceptors (Lipinski definition) is 3. The molecular weight excluding hydrogens is 292 g/mol. The molecule has 1 unspecified atom stereocenters. The molecule has 1 heterocycles. The molecule has 1 saturated heterocycles. The molecule has 120 valence electrons. The molecule has 0 N–H and O–H groups in total. The molecule has 2 amide bonds. The fraction of sp³-hybridized carbons (Fsp3) is 0.333. The van der Waals surface area contributed by atoms with Gasteiger partial charge in [-0.25, -0.2) is 0 Å². The summed E-state index contributed by atoms with van der Waals surface area (Å²) in [5.74, 6) is -0.206. The highest BCUT2D eigenvalue weighted by Crippen LogP contribution is 2.29. The van der Waals surface area contributed by atoms with Gasteiger partial charge in [-0.05, 0) is 18.4 Å². The number of carbonyl (C=O) groups excluding carboxylic acids is 2. The van der Waals surface area contributed by atoms with Crippen molar-refractivity contribution in [2.45, 2.75) is 13.0 Å². The Morgan fingerprint density at radius 3 is 2.70 bits per heavy atom. The van der Waals surface area contributed by atoms with Gasteiger partial charge < -0.3 is 14.5 Å². The summed E-state index contributed by atoms with van der Waals surface area (Å²) in [6.07, 6.45) is 0. The molecule has 0 radical (unpaired) electrons. The average molecular weight is 312 g/mol. The predicted molar refractivity (Wildman–Crippen MR) is 89.4 cm³/mol. The SMILES string of the molecule is COCC(=O)N1CCN(c2cccc3ccccc23)C(=O)C1C. The largest absolute Gasteiger partial charge is 0.375 e. The molecule has 5 nitrogen and oxygen atoms in total. The minimum absolute atomic E-state index is 0.00584. The Hall–Kier alpha value is -2.40. The third kappa shape index (κ3) is 2.80. The second-order valence-corrected chi connectivity index (χ2v) is 5.68. The topological polar surface area (TPSA) is 49.9 Å². The number of ether oxygens (including phenoxy) is 1. The minimum atomic E-state index is -0.481. The summed E-state index contributed by atoms with van der Waals surface area (Å²) in [5, 5.41) is 2.15. The Kier molecular flexibility index (Phi) is 4.30. The zero-order valence-corrected chi connectivity index (χ0v) is 13.4. The third-order valence-electron chi connectivity index (χ3n) is 4.30. The minimum Gasteiger partial charge on any atom is -0.375 e. The molecule has 1 fully saturated rings. The number of methoxy groups -OCH3 is 1. The van der Waals surface area contributed by atoms with Crippen LogP contribution in [0, 0.1) is 0 Å². The van der Waals surface area contributed by atoms with Crippen LogP contribution in [-0.2, 0) is 14.3 Å². The molecule has 3 rings (SSSR count). The van der Waals surface area contributed by atoms with E-state index in [4.69, 9.17) is 4.74 Å². The molecule has 1 atom stereocenters. The number of piperazine rings is 1. The summed E-state index contributed by atoms with van der Waals surface area (Å²) in [6, 6.07) is 13.5. The van der Waals surface area contributed by atoms with Crippen LogP contribution in [0.1, 0.15) is 6.92 Å². The number of carbonyl (C=O) groups is 2. The third-order valence-corrected chi connectivity index (χ3v) is 4.30. The Bertz CT molecular complexity index is 739. The predicted octanol–water partition coefficient (Wildman–Crippen LogP) is 2.05. The quantitative estimate of drug-likeness (QED) is 0.871. The summed E-state index contributed by atoms with van der Waals surface area (Å²) in [6.45, 7) is 2.78. The standard InChI is InChI=1S/C18H20N2O3/c1-13-18(22)20(11-10-19(13)17(21)12-23-2)16-9-5-7-14-6-3-4-8-15(14)16/h3-9,13H,10-12H2,1-2H3. The molecule has 2 aromatic rings. The van der Waals surface area contributed by atoms with E-state index in [0.717, 1.165) is 16.5 Å². The van der Waals surface area contributed by atoms with Gasteiger partial charge in [0.15, 0.2) is 0 Å². The lowest BCUT2D eigenvalue weighted by molar-refractivity contribution is -0.143. The highest BCUT2D eigenvalue weighted by Gasteiger charge is 2.35. The summed E-state index contributed by atoms with van der Waals surface area (Å²) in [5.41, 5.74) is 0.902. The number of fused-ring (bicyclic) bond motifs is 1. The van der Waals surface area contributed by atoms with Gasteiger partial charge in [0, 0.05) is 25.6 Å². The summed E-state index contributed by atoms with van der Waals surface area (Å²) in [4.78, 5) is 28.2. The van der Waals surface area contributed by atoms with Crippen LogP contribution in [0.3, 0.4) is 0 Å². The summed E-state index contributed by atoms with van der Waals surface area (Å²) in [7, 11) is 1.48. The molecule has 0 saturated carbocycles. The molecule has 1 aliphatic rings. The van der Waals surface area contributed by atoms with Crippen molar-refractivity contribution in [2.24, 2.45) is 0 Å². The number of hydrogen-bond donors (Lipinski definition) is 0. The van der Waals surface area contributed by atoms with Crippen molar-refractivity contribution >= 4 is 28.3 Å². The Labute approximate surface area is 135 Å². The number of anilines is 1. The van der Waals surface area contributed by atoms with Gasteiger partial charge in [-0.1, -0.05) is 36.4 Å². The fourth-order valence-corrected chi connectivity index (χ4v) is 3.10. The van der Waals surface area contributed by atoms with E-state index in [0.29, 0.717) is 13.1 Å². The van der Waals surface area contributed by atoms with E-state index in [-0.39, 0.29) is 18.4 Å². The molecule has 2 aromatic carbocycles. The van der Waals surface area contributed by atoms with Gasteiger partial charge in [0.2, 0.25) is 11.8 Å². The zero-order valence-electron chi connectivity index (χ0n) is 13.4. The first kappa shape index (κ1) is 15.5. The van der Waals surface area contributed by atoms with Gasteiger partial charge in [-0.3, -0.25) is 9.59 Å². The fourth-order valence-electron chi connectivity index (χ4n) is 3.10. The second kappa shape index (κ2) is 6.38. The first-order valence-corrected chi connectivity index (χ1v) is 7.71. The van der Waals surface area contributed by atoms with E-state index in [2.05, 4.69) is 0 Å². The Morgan fingerprint density at radius 1 is 1.17 bits per heavy atom. The van der Waals surface area contributed by atoms with Crippen LogP contribution < -0.4 is 4.90 Å². The smallest absolute Gasteiger partial charge is 0.249 e. The van der Waals surface area contributed by atoms with Crippen molar-refractivity contribution in [2.75, 3.05) is 31.7 Å². The maximum Gasteiger partial charge on any atom is 0.249 e. The van der Waals surface area contributed by atoms with Crippen LogP contribution >= 0.6 is 0 Å². The van der Waals surface area contributed by atoms with Crippen molar-refractivity contribution in [3.05, 3.63) is 42.5 Å². The van der Waals surface area contributed by atoms with Crippen molar-refractivity contribution in [1.29, 1.82) is 0 Å². The molecule has 5 heteroatoms. The Balaban J connectivity index is 1.90. The van der Waals surface area contributed by atoms with Crippen LogP contribution in [0.5, 0.6) is 0 Å². The molecular formula is C18H20N2O3. The summed E-state index contributed by atoms with van der Waals surface area (Å²) >= 11 is 0. The zero-order chi connectivity index (χ0) is 16.4. The van der Waals surface area contributed by atoms with E-state index >= 15 is 0 Å². The lowest BCUT2D eigenvalue weighted by Crippen LogP contribution is -2.58. The van der Waals surface area contributed by atoms with E-state index in [9.17, 15) is 9.59 Å². The first-order chi connectivity index (χ1) is 11.1. The van der Waals surface area contributed by atoms with Gasteiger partial charge in [0.25, 0.3) is 0 Å².